The summed E-state index contributed by atoms with van der Waals surface area (Å²) in [5.41, 5.74) is 1.84. The number of imidazole rings is 1. The molecule has 150 valence electrons. The van der Waals surface area contributed by atoms with E-state index in [-0.39, 0.29) is 10.8 Å². The maximum atomic E-state index is 13.5. The van der Waals surface area contributed by atoms with Crippen LogP contribution in [0.25, 0.3) is 11.0 Å². The third-order valence-corrected chi connectivity index (χ3v) is 7.70. The molecule has 2 aliphatic rings. The van der Waals surface area contributed by atoms with Crippen molar-refractivity contribution in [3.8, 4) is 0 Å². The summed E-state index contributed by atoms with van der Waals surface area (Å²) in [6, 6.07) is 15.5. The molecule has 2 aromatic carbocycles. The highest BCUT2D eigenvalue weighted by molar-refractivity contribution is 7.89. The number of anilines is 1. The van der Waals surface area contributed by atoms with Crippen LogP contribution in [-0.4, -0.2) is 47.3 Å². The average molecular weight is 410 g/mol. The first-order chi connectivity index (χ1) is 14.1. The smallest absolute Gasteiger partial charge is 0.247 e. The van der Waals surface area contributed by atoms with E-state index in [1.54, 1.807) is 35.2 Å². The van der Waals surface area contributed by atoms with Crippen LogP contribution in [0, 0.1) is 0 Å². The minimum atomic E-state index is -3.73. The first-order valence-electron chi connectivity index (χ1n) is 9.91. The van der Waals surface area contributed by atoms with Gasteiger partial charge in [0.05, 0.1) is 15.9 Å². The van der Waals surface area contributed by atoms with Crippen molar-refractivity contribution >= 4 is 32.9 Å². The molecule has 1 amide bonds. The molecule has 7 nitrogen and oxygen atoms in total. The van der Waals surface area contributed by atoms with Crippen molar-refractivity contribution in [1.29, 1.82) is 0 Å². The molecule has 5 rings (SSSR count). The van der Waals surface area contributed by atoms with E-state index >= 15 is 0 Å². The Hall–Kier alpha value is -2.71. The normalized spacial score (nSPS) is 20.1. The van der Waals surface area contributed by atoms with Gasteiger partial charge in [-0.15, -0.1) is 0 Å². The quantitative estimate of drug-likeness (QED) is 0.665. The van der Waals surface area contributed by atoms with Crippen molar-refractivity contribution in [2.45, 2.75) is 36.7 Å². The first kappa shape index (κ1) is 18.3. The average Bonchev–Trinajstić information content (AvgIpc) is 3.33. The first-order valence-corrected chi connectivity index (χ1v) is 11.3. The van der Waals surface area contributed by atoms with Gasteiger partial charge in [0.15, 0.2) is 0 Å². The Morgan fingerprint density at radius 2 is 1.69 bits per heavy atom. The second-order valence-corrected chi connectivity index (χ2v) is 9.37. The van der Waals surface area contributed by atoms with E-state index in [4.69, 9.17) is 0 Å². The third-order valence-electron chi connectivity index (χ3n) is 5.78. The van der Waals surface area contributed by atoms with Crippen LogP contribution < -0.4 is 4.90 Å². The summed E-state index contributed by atoms with van der Waals surface area (Å²) in [6.07, 6.45) is 2.12. The van der Waals surface area contributed by atoms with Gasteiger partial charge in [-0.2, -0.15) is 4.31 Å². The van der Waals surface area contributed by atoms with Crippen LogP contribution >= 0.6 is 0 Å². The van der Waals surface area contributed by atoms with Gasteiger partial charge in [0.1, 0.15) is 6.04 Å². The lowest BCUT2D eigenvalue weighted by atomic mass is 10.0. The Labute approximate surface area is 169 Å². The second kappa shape index (κ2) is 6.96. The minimum absolute atomic E-state index is 0.182. The number of hydrogen-bond acceptors (Lipinski definition) is 4. The number of piperidine rings is 1. The predicted molar refractivity (Wildman–Crippen MR) is 110 cm³/mol. The number of aromatic nitrogens is 2. The van der Waals surface area contributed by atoms with Crippen molar-refractivity contribution in [2.75, 3.05) is 18.0 Å². The van der Waals surface area contributed by atoms with Gasteiger partial charge in [0.2, 0.25) is 21.9 Å². The fraction of sp³-hybridized carbons (Fsp3) is 0.333. The van der Waals surface area contributed by atoms with Crippen LogP contribution in [0.2, 0.25) is 0 Å². The van der Waals surface area contributed by atoms with Crippen molar-refractivity contribution in [3.63, 3.8) is 0 Å². The molecule has 1 saturated heterocycles. The molecule has 1 unspecified atom stereocenters. The highest BCUT2D eigenvalue weighted by atomic mass is 32.2. The zero-order valence-electron chi connectivity index (χ0n) is 15.9. The number of para-hydroxylation sites is 2. The van der Waals surface area contributed by atoms with Crippen molar-refractivity contribution < 1.29 is 13.2 Å². The van der Waals surface area contributed by atoms with Crippen molar-refractivity contribution in [1.82, 2.24) is 13.9 Å². The topological polar surface area (TPSA) is 75.5 Å². The van der Waals surface area contributed by atoms with E-state index in [1.165, 1.54) is 4.31 Å². The number of nitrogens with zero attached hydrogens (tertiary/aromatic N) is 4. The SMILES string of the molecule is O=C(C1CCCCN1S(=O)(=O)c1ccccc1)N1CCn2c1nc1ccccc12. The molecular weight excluding hydrogens is 388 g/mol. The zero-order valence-corrected chi connectivity index (χ0v) is 16.8. The molecule has 0 radical (unpaired) electrons. The highest BCUT2D eigenvalue weighted by Gasteiger charge is 2.41. The number of sulfonamides is 1. The largest absolute Gasteiger partial charge is 0.308 e. The number of carbonyl (C=O) groups is 1. The number of carbonyl (C=O) groups excluding carboxylic acids is 1. The highest BCUT2D eigenvalue weighted by Crippen LogP contribution is 2.31. The van der Waals surface area contributed by atoms with Crippen LogP contribution in [-0.2, 0) is 21.4 Å². The maximum absolute atomic E-state index is 13.5. The van der Waals surface area contributed by atoms with Gasteiger partial charge in [-0.25, -0.2) is 13.4 Å². The van der Waals surface area contributed by atoms with Crippen molar-refractivity contribution in [3.05, 3.63) is 54.6 Å². The van der Waals surface area contributed by atoms with Crippen LogP contribution in [0.15, 0.2) is 59.5 Å². The van der Waals surface area contributed by atoms with Crippen LogP contribution in [0.4, 0.5) is 5.95 Å². The Morgan fingerprint density at radius 1 is 0.931 bits per heavy atom. The van der Waals surface area contributed by atoms with Gasteiger partial charge in [0, 0.05) is 19.6 Å². The summed E-state index contributed by atoms with van der Waals surface area (Å²) >= 11 is 0. The monoisotopic (exact) mass is 410 g/mol. The number of benzene rings is 2. The molecule has 2 aliphatic heterocycles. The molecule has 3 heterocycles. The van der Waals surface area contributed by atoms with Crippen molar-refractivity contribution in [2.24, 2.45) is 0 Å². The number of rotatable bonds is 3. The molecule has 0 N–H and O–H groups in total. The molecule has 3 aromatic rings. The molecule has 0 saturated carbocycles. The standard InChI is InChI=1S/C21H22N4O3S/c26-20(24-15-14-23-18-11-5-4-10-17(18)22-21(23)24)19-12-6-7-13-25(19)29(27,28)16-8-2-1-3-9-16/h1-5,8-11,19H,6-7,12-15H2. The van der Waals surface area contributed by atoms with E-state index in [9.17, 15) is 13.2 Å². The van der Waals surface area contributed by atoms with E-state index in [0.717, 1.165) is 23.9 Å². The summed E-state index contributed by atoms with van der Waals surface area (Å²) in [5.74, 6) is 0.428. The Bertz CT molecular complexity index is 1170. The lowest BCUT2D eigenvalue weighted by Gasteiger charge is -2.35. The predicted octanol–water partition coefficient (Wildman–Crippen LogP) is 2.63. The fourth-order valence-corrected chi connectivity index (χ4v) is 6.02. The van der Waals surface area contributed by atoms with Gasteiger partial charge in [0.25, 0.3) is 0 Å². The molecule has 0 aliphatic carbocycles. The van der Waals surface area contributed by atoms with Crippen LogP contribution in [0.5, 0.6) is 0 Å². The van der Waals surface area contributed by atoms with Gasteiger partial charge in [-0.3, -0.25) is 9.69 Å². The lowest BCUT2D eigenvalue weighted by Crippen LogP contribution is -2.52. The molecule has 1 atom stereocenters. The fourth-order valence-electron chi connectivity index (χ4n) is 4.35. The van der Waals surface area contributed by atoms with E-state index in [1.807, 2.05) is 28.8 Å². The summed E-state index contributed by atoms with van der Waals surface area (Å²) in [5, 5.41) is 0. The van der Waals surface area contributed by atoms with Gasteiger partial charge < -0.3 is 4.57 Å². The van der Waals surface area contributed by atoms with E-state index < -0.39 is 16.1 Å². The molecule has 8 heteroatoms. The Morgan fingerprint density at radius 3 is 2.52 bits per heavy atom. The number of amides is 1. The zero-order chi connectivity index (χ0) is 20.0. The third kappa shape index (κ3) is 2.94. The second-order valence-electron chi connectivity index (χ2n) is 7.48. The molecule has 0 spiro atoms. The van der Waals surface area contributed by atoms with Gasteiger partial charge in [-0.05, 0) is 37.1 Å². The van der Waals surface area contributed by atoms with E-state index in [0.29, 0.717) is 32.0 Å². The molecule has 0 bridgehead atoms. The number of fused-ring (bicyclic) bond motifs is 3. The van der Waals surface area contributed by atoms with E-state index in [2.05, 4.69) is 4.98 Å². The van der Waals surface area contributed by atoms with Crippen LogP contribution in [0.3, 0.4) is 0 Å². The summed E-state index contributed by atoms with van der Waals surface area (Å²) in [6.45, 7) is 1.54. The van der Waals surface area contributed by atoms with Gasteiger partial charge in [-0.1, -0.05) is 36.8 Å². The Kier molecular flexibility index (Phi) is 4.40. The molecule has 1 aromatic heterocycles. The summed E-state index contributed by atoms with van der Waals surface area (Å²) < 4.78 is 29.9. The molecular formula is C21H22N4O3S. The number of hydrogen-bond donors (Lipinski definition) is 0. The summed E-state index contributed by atoms with van der Waals surface area (Å²) in [7, 11) is -3.73. The maximum Gasteiger partial charge on any atom is 0.247 e. The Balaban J connectivity index is 1.49. The van der Waals surface area contributed by atoms with Gasteiger partial charge >= 0.3 is 0 Å². The lowest BCUT2D eigenvalue weighted by molar-refractivity contribution is -0.123. The van der Waals surface area contributed by atoms with Crippen LogP contribution in [0.1, 0.15) is 19.3 Å². The summed E-state index contributed by atoms with van der Waals surface area (Å²) in [4.78, 5) is 20.0. The molecule has 29 heavy (non-hydrogen) atoms. The minimum Gasteiger partial charge on any atom is -0.308 e. The molecule has 1 fully saturated rings.